The van der Waals surface area contributed by atoms with Gasteiger partial charge in [0.2, 0.25) is 0 Å². The summed E-state index contributed by atoms with van der Waals surface area (Å²) in [5, 5.41) is 44.6. The van der Waals surface area contributed by atoms with Crippen LogP contribution >= 0.6 is 0 Å². The molecule has 38 heavy (non-hydrogen) atoms. The molecule has 0 aliphatic heterocycles. The molecule has 1 unspecified atom stereocenters. The van der Waals surface area contributed by atoms with Crippen molar-refractivity contribution in [3.8, 4) is 0 Å². The summed E-state index contributed by atoms with van der Waals surface area (Å²) in [6.07, 6.45) is -1.95. The van der Waals surface area contributed by atoms with E-state index in [-0.39, 0.29) is 35.8 Å². The van der Waals surface area contributed by atoms with E-state index in [9.17, 15) is 40.2 Å². The molecule has 0 aromatic heterocycles. The van der Waals surface area contributed by atoms with Crippen LogP contribution in [0.2, 0.25) is 0 Å². The average molecular weight is 525 g/mol. The Balaban J connectivity index is 1.92. The minimum absolute atomic E-state index is 0.121. The number of hydrogen-bond acceptors (Lipinski definition) is 10. The molecule has 0 spiro atoms. The second kappa shape index (κ2) is 12.1. The maximum absolute atomic E-state index is 12.2. The third-order valence-electron chi connectivity index (χ3n) is 5.58. The van der Waals surface area contributed by atoms with Crippen molar-refractivity contribution >= 4 is 22.8 Å². The maximum atomic E-state index is 12.2. The van der Waals surface area contributed by atoms with Crippen LogP contribution in [0.4, 0.5) is 17.1 Å². The molecule has 1 atom stereocenters. The van der Waals surface area contributed by atoms with E-state index in [2.05, 4.69) is 0 Å². The lowest BCUT2D eigenvalue weighted by atomic mass is 9.87. The highest BCUT2D eigenvalue weighted by molar-refractivity contribution is 5.77. The molecular formula is C25H23N3O10. The summed E-state index contributed by atoms with van der Waals surface area (Å²) >= 11 is 0. The van der Waals surface area contributed by atoms with E-state index in [0.29, 0.717) is 11.1 Å². The van der Waals surface area contributed by atoms with Gasteiger partial charge in [-0.1, -0.05) is 0 Å². The zero-order valence-electron chi connectivity index (χ0n) is 20.1. The molecule has 198 valence electrons. The second-order valence-electron chi connectivity index (χ2n) is 8.41. The van der Waals surface area contributed by atoms with Gasteiger partial charge in [0, 0.05) is 42.8 Å². The van der Waals surface area contributed by atoms with Crippen LogP contribution in [-0.4, -0.2) is 31.9 Å². The van der Waals surface area contributed by atoms with Gasteiger partial charge in [-0.25, -0.2) is 0 Å². The number of hydrogen-bond donors (Lipinski definition) is 1. The Morgan fingerprint density at radius 3 is 1.39 bits per heavy atom. The summed E-state index contributed by atoms with van der Waals surface area (Å²) in [5.41, 5.74) is -1.42. The number of rotatable bonds is 13. The average Bonchev–Trinajstić information content (AvgIpc) is 2.88. The highest BCUT2D eigenvalue weighted by Gasteiger charge is 2.42. The number of Topliss-reactive ketones (excluding diaryl/α,β-unsaturated/α-hetero) is 1. The molecule has 13 heteroatoms. The fraction of sp³-hybridized carbons (Fsp3) is 0.240. The fourth-order valence-electron chi connectivity index (χ4n) is 3.67. The first kappa shape index (κ1) is 28.0. The standard InChI is InChI=1S/C25H23N3O10/c1-17(29)14-25(30,20-6-12-23(13-7-20)28(35)36)24(37-15-18-2-8-21(9-3-18)26(31)32)38-16-19-4-10-22(11-5-19)27(33)34/h2-13,24,30H,14-16H2,1H3. The van der Waals surface area contributed by atoms with Crippen molar-refractivity contribution in [3.63, 3.8) is 0 Å². The van der Waals surface area contributed by atoms with E-state index in [1.165, 1.54) is 79.7 Å². The molecular weight excluding hydrogens is 502 g/mol. The van der Waals surface area contributed by atoms with E-state index in [0.717, 1.165) is 0 Å². The van der Waals surface area contributed by atoms with Crippen molar-refractivity contribution in [1.82, 2.24) is 0 Å². The summed E-state index contributed by atoms with van der Waals surface area (Å²) in [7, 11) is 0. The number of nitrogens with zero attached hydrogens (tertiary/aromatic N) is 3. The first-order chi connectivity index (χ1) is 18.0. The van der Waals surface area contributed by atoms with Gasteiger partial charge >= 0.3 is 0 Å². The van der Waals surface area contributed by atoms with Crippen molar-refractivity contribution in [2.45, 2.75) is 38.4 Å². The molecule has 0 saturated heterocycles. The van der Waals surface area contributed by atoms with Crippen LogP contribution in [0.1, 0.15) is 30.0 Å². The van der Waals surface area contributed by atoms with Crippen LogP contribution in [0.5, 0.6) is 0 Å². The highest BCUT2D eigenvalue weighted by Crippen LogP contribution is 2.34. The van der Waals surface area contributed by atoms with Crippen LogP contribution in [0.25, 0.3) is 0 Å². The first-order valence-corrected chi connectivity index (χ1v) is 11.2. The SMILES string of the molecule is CC(=O)CC(O)(c1ccc([N+](=O)[O-])cc1)C(OCc1ccc([N+](=O)[O-])cc1)OCc1ccc([N+](=O)[O-])cc1. The van der Waals surface area contributed by atoms with Crippen molar-refractivity contribution in [2.75, 3.05) is 0 Å². The largest absolute Gasteiger partial charge is 0.379 e. The van der Waals surface area contributed by atoms with E-state index in [1.807, 2.05) is 0 Å². The molecule has 0 saturated carbocycles. The number of nitro groups is 3. The van der Waals surface area contributed by atoms with Gasteiger partial charge in [-0.2, -0.15) is 0 Å². The van der Waals surface area contributed by atoms with Crippen LogP contribution < -0.4 is 0 Å². The molecule has 3 rings (SSSR count). The Hall–Kier alpha value is -4.59. The van der Waals surface area contributed by atoms with Gasteiger partial charge in [-0.05, 0) is 60.0 Å². The van der Waals surface area contributed by atoms with Gasteiger partial charge < -0.3 is 14.6 Å². The third-order valence-corrected chi connectivity index (χ3v) is 5.58. The molecule has 3 aromatic carbocycles. The van der Waals surface area contributed by atoms with Crippen LogP contribution in [0.15, 0.2) is 72.8 Å². The summed E-state index contributed by atoms with van der Waals surface area (Å²) in [6.45, 7) is 0.909. The lowest BCUT2D eigenvalue weighted by molar-refractivity contribution is -0.385. The Labute approximate surface area is 215 Å². The zero-order valence-corrected chi connectivity index (χ0v) is 20.1. The highest BCUT2D eigenvalue weighted by atomic mass is 16.7. The number of aliphatic hydroxyl groups is 1. The third kappa shape index (κ3) is 7.00. The van der Waals surface area contributed by atoms with Gasteiger partial charge in [0.15, 0.2) is 6.29 Å². The lowest BCUT2D eigenvalue weighted by Crippen LogP contribution is -2.44. The van der Waals surface area contributed by atoms with Gasteiger partial charge in [-0.3, -0.25) is 35.1 Å². The minimum Gasteiger partial charge on any atom is -0.379 e. The molecule has 0 heterocycles. The predicted molar refractivity (Wildman–Crippen MR) is 132 cm³/mol. The summed E-state index contributed by atoms with van der Waals surface area (Å²) in [4.78, 5) is 43.4. The number of ketones is 1. The van der Waals surface area contributed by atoms with Gasteiger partial charge in [-0.15, -0.1) is 0 Å². The van der Waals surface area contributed by atoms with Crippen LogP contribution in [0.3, 0.4) is 0 Å². The Kier molecular flexibility index (Phi) is 8.91. The maximum Gasteiger partial charge on any atom is 0.269 e. The molecule has 1 N–H and O–H groups in total. The number of carbonyl (C=O) groups excluding carboxylic acids is 1. The van der Waals surface area contributed by atoms with E-state index in [4.69, 9.17) is 9.47 Å². The van der Waals surface area contributed by atoms with Crippen molar-refractivity contribution in [2.24, 2.45) is 0 Å². The molecule has 0 aliphatic rings. The van der Waals surface area contributed by atoms with E-state index >= 15 is 0 Å². The molecule has 0 fully saturated rings. The zero-order chi connectivity index (χ0) is 27.9. The smallest absolute Gasteiger partial charge is 0.269 e. The Morgan fingerprint density at radius 2 is 1.08 bits per heavy atom. The fourth-order valence-corrected chi connectivity index (χ4v) is 3.67. The van der Waals surface area contributed by atoms with Gasteiger partial charge in [0.25, 0.3) is 17.1 Å². The predicted octanol–water partition coefficient (Wildman–Crippen LogP) is 4.34. The Bertz CT molecular complexity index is 1250. The van der Waals surface area contributed by atoms with E-state index < -0.39 is 38.9 Å². The minimum atomic E-state index is -2.08. The molecule has 0 amide bonds. The molecule has 13 nitrogen and oxygen atoms in total. The molecule has 3 aromatic rings. The summed E-state index contributed by atoms with van der Waals surface area (Å²) in [5.74, 6) is -0.422. The molecule has 0 radical (unpaired) electrons. The lowest BCUT2D eigenvalue weighted by Gasteiger charge is -2.35. The number of benzene rings is 3. The van der Waals surface area contributed by atoms with Crippen LogP contribution in [-0.2, 0) is 33.1 Å². The van der Waals surface area contributed by atoms with Crippen molar-refractivity contribution in [3.05, 3.63) is 120 Å². The van der Waals surface area contributed by atoms with Crippen molar-refractivity contribution < 1.29 is 34.1 Å². The molecule has 0 bridgehead atoms. The van der Waals surface area contributed by atoms with Gasteiger partial charge in [0.1, 0.15) is 11.4 Å². The van der Waals surface area contributed by atoms with Crippen molar-refractivity contribution in [1.29, 1.82) is 0 Å². The monoisotopic (exact) mass is 525 g/mol. The number of carbonyl (C=O) groups is 1. The van der Waals surface area contributed by atoms with E-state index in [1.54, 1.807) is 0 Å². The number of ether oxygens (including phenoxy) is 2. The van der Waals surface area contributed by atoms with Gasteiger partial charge in [0.05, 0.1) is 28.0 Å². The normalized spacial score (nSPS) is 12.6. The Morgan fingerprint density at radius 1 is 0.737 bits per heavy atom. The quantitative estimate of drug-likeness (QED) is 0.191. The summed E-state index contributed by atoms with van der Waals surface area (Å²) in [6, 6.07) is 15.9. The van der Waals surface area contributed by atoms with Crippen LogP contribution in [0, 0.1) is 30.3 Å². The first-order valence-electron chi connectivity index (χ1n) is 11.2. The number of nitro benzene ring substituents is 3. The topological polar surface area (TPSA) is 185 Å². The molecule has 0 aliphatic carbocycles. The summed E-state index contributed by atoms with van der Waals surface area (Å²) < 4.78 is 11.7. The number of non-ortho nitro benzene ring substituents is 3. The second-order valence-corrected chi connectivity index (χ2v) is 8.41.